The molecule has 1 N–H and O–H groups in total. The standard InChI is InChI=1S/C21H27BrN2O5S/c1-3-28-15-5-14-23-21(25)16-24(18-8-10-19(11-9-18)29-4-2)30(26,27)20-12-6-17(22)7-13-20/h6-13H,3-5,14-16H2,1-2H3,(H,23,25). The third-order valence-electron chi connectivity index (χ3n) is 4.12. The smallest absolute Gasteiger partial charge is 0.264 e. The molecule has 7 nitrogen and oxygen atoms in total. The minimum Gasteiger partial charge on any atom is -0.494 e. The summed E-state index contributed by atoms with van der Waals surface area (Å²) in [5.74, 6) is 0.240. The Morgan fingerprint density at radius 1 is 1.03 bits per heavy atom. The van der Waals surface area contributed by atoms with Crippen LogP contribution in [0.3, 0.4) is 0 Å². The average molecular weight is 499 g/mol. The summed E-state index contributed by atoms with van der Waals surface area (Å²) in [6.45, 7) is 5.51. The lowest BCUT2D eigenvalue weighted by Crippen LogP contribution is -2.41. The van der Waals surface area contributed by atoms with Crippen molar-refractivity contribution in [1.29, 1.82) is 0 Å². The Hall–Kier alpha value is -2.10. The zero-order valence-electron chi connectivity index (χ0n) is 17.1. The molecule has 2 aromatic carbocycles. The average Bonchev–Trinajstić information content (AvgIpc) is 2.73. The van der Waals surface area contributed by atoms with Gasteiger partial charge in [0.1, 0.15) is 12.3 Å². The van der Waals surface area contributed by atoms with Gasteiger partial charge in [-0.05, 0) is 68.8 Å². The molecule has 9 heteroatoms. The largest absolute Gasteiger partial charge is 0.494 e. The van der Waals surface area contributed by atoms with Crippen molar-refractivity contribution in [2.75, 3.05) is 37.2 Å². The molecule has 0 aromatic heterocycles. The third-order valence-corrected chi connectivity index (χ3v) is 6.43. The number of ether oxygens (including phenoxy) is 2. The molecule has 0 atom stereocenters. The van der Waals surface area contributed by atoms with E-state index in [-0.39, 0.29) is 17.3 Å². The predicted octanol–water partition coefficient (Wildman–Crippen LogP) is 3.59. The first kappa shape index (κ1) is 24.2. The molecule has 1 amide bonds. The van der Waals surface area contributed by atoms with Crippen molar-refractivity contribution in [2.45, 2.75) is 25.2 Å². The summed E-state index contributed by atoms with van der Waals surface area (Å²) in [4.78, 5) is 12.6. The van der Waals surface area contributed by atoms with Crippen LogP contribution in [0.2, 0.25) is 0 Å². The summed E-state index contributed by atoms with van der Waals surface area (Å²) in [5, 5.41) is 2.75. The second-order valence-corrected chi connectivity index (χ2v) is 9.07. The third kappa shape index (κ3) is 7.00. The van der Waals surface area contributed by atoms with Crippen molar-refractivity contribution in [1.82, 2.24) is 5.32 Å². The van der Waals surface area contributed by atoms with Crippen LogP contribution in [0.25, 0.3) is 0 Å². The second-order valence-electron chi connectivity index (χ2n) is 6.29. The van der Waals surface area contributed by atoms with Crippen LogP contribution in [0, 0.1) is 0 Å². The molecule has 0 bridgehead atoms. The van der Waals surface area contributed by atoms with E-state index in [1.807, 2.05) is 13.8 Å². The number of benzene rings is 2. The van der Waals surface area contributed by atoms with E-state index in [4.69, 9.17) is 9.47 Å². The highest BCUT2D eigenvalue weighted by atomic mass is 79.9. The van der Waals surface area contributed by atoms with Crippen molar-refractivity contribution < 1.29 is 22.7 Å². The molecule has 2 rings (SSSR count). The molecule has 0 heterocycles. The van der Waals surface area contributed by atoms with Crippen LogP contribution in [0.15, 0.2) is 57.9 Å². The first-order valence-corrected chi connectivity index (χ1v) is 12.0. The maximum absolute atomic E-state index is 13.3. The SMILES string of the molecule is CCOCCCNC(=O)CN(c1ccc(OCC)cc1)S(=O)(=O)c1ccc(Br)cc1. The molecule has 0 aliphatic carbocycles. The molecule has 2 aromatic rings. The zero-order valence-corrected chi connectivity index (χ0v) is 19.5. The lowest BCUT2D eigenvalue weighted by Gasteiger charge is -2.24. The Kier molecular flexibility index (Phi) is 9.61. The van der Waals surface area contributed by atoms with E-state index in [1.54, 1.807) is 36.4 Å². The predicted molar refractivity (Wildman–Crippen MR) is 120 cm³/mol. The van der Waals surface area contributed by atoms with Crippen LogP contribution >= 0.6 is 15.9 Å². The van der Waals surface area contributed by atoms with Gasteiger partial charge in [-0.2, -0.15) is 0 Å². The van der Waals surface area contributed by atoms with Crippen LogP contribution in [0.1, 0.15) is 20.3 Å². The highest BCUT2D eigenvalue weighted by Crippen LogP contribution is 2.26. The molecule has 0 saturated carbocycles. The van der Waals surface area contributed by atoms with E-state index in [2.05, 4.69) is 21.2 Å². The minimum absolute atomic E-state index is 0.101. The van der Waals surface area contributed by atoms with Crippen LogP contribution < -0.4 is 14.4 Å². The van der Waals surface area contributed by atoms with Gasteiger partial charge in [-0.1, -0.05) is 15.9 Å². The Morgan fingerprint density at radius 2 is 1.70 bits per heavy atom. The number of halogens is 1. The molecule has 0 unspecified atom stereocenters. The molecule has 0 fully saturated rings. The van der Waals surface area contributed by atoms with E-state index in [0.29, 0.717) is 44.2 Å². The van der Waals surface area contributed by atoms with Crippen LogP contribution in [-0.4, -0.2) is 47.2 Å². The van der Waals surface area contributed by atoms with E-state index < -0.39 is 10.0 Å². The van der Waals surface area contributed by atoms with Crippen LogP contribution in [0.5, 0.6) is 5.75 Å². The van der Waals surface area contributed by atoms with E-state index in [0.717, 1.165) is 8.78 Å². The number of hydrogen-bond donors (Lipinski definition) is 1. The van der Waals surface area contributed by atoms with Crippen LogP contribution in [-0.2, 0) is 19.6 Å². The fourth-order valence-corrected chi connectivity index (χ4v) is 4.34. The number of amides is 1. The van der Waals surface area contributed by atoms with Gasteiger partial charge in [0, 0.05) is 24.2 Å². The quantitative estimate of drug-likeness (QED) is 0.452. The van der Waals surface area contributed by atoms with Crippen molar-refractivity contribution in [3.8, 4) is 5.75 Å². The Labute approximate surface area is 186 Å². The summed E-state index contributed by atoms with van der Waals surface area (Å²) in [5.41, 5.74) is 0.380. The van der Waals surface area contributed by atoms with Gasteiger partial charge in [-0.25, -0.2) is 8.42 Å². The van der Waals surface area contributed by atoms with E-state index in [1.165, 1.54) is 12.1 Å². The zero-order chi connectivity index (χ0) is 22.0. The molecule has 0 aliphatic heterocycles. The first-order valence-electron chi connectivity index (χ1n) is 9.74. The van der Waals surface area contributed by atoms with Gasteiger partial charge in [0.15, 0.2) is 0 Å². The Bertz CT molecular complexity index is 902. The Morgan fingerprint density at radius 3 is 2.30 bits per heavy atom. The molecule has 0 spiro atoms. The number of nitrogens with one attached hydrogen (secondary N) is 1. The molecule has 0 saturated heterocycles. The molecular weight excluding hydrogens is 472 g/mol. The number of nitrogens with zero attached hydrogens (tertiary/aromatic N) is 1. The van der Waals surface area contributed by atoms with Gasteiger partial charge in [-0.15, -0.1) is 0 Å². The van der Waals surface area contributed by atoms with Crippen molar-refractivity contribution in [3.05, 3.63) is 53.0 Å². The number of anilines is 1. The number of hydrogen-bond acceptors (Lipinski definition) is 5. The van der Waals surface area contributed by atoms with Gasteiger partial charge in [-0.3, -0.25) is 9.10 Å². The number of rotatable bonds is 12. The molecule has 164 valence electrons. The fourth-order valence-electron chi connectivity index (χ4n) is 2.66. The van der Waals surface area contributed by atoms with E-state index >= 15 is 0 Å². The highest BCUT2D eigenvalue weighted by Gasteiger charge is 2.27. The van der Waals surface area contributed by atoms with Gasteiger partial charge < -0.3 is 14.8 Å². The van der Waals surface area contributed by atoms with Crippen molar-refractivity contribution in [2.24, 2.45) is 0 Å². The monoisotopic (exact) mass is 498 g/mol. The van der Waals surface area contributed by atoms with E-state index in [9.17, 15) is 13.2 Å². The summed E-state index contributed by atoms with van der Waals surface area (Å²) in [6, 6.07) is 12.9. The normalized spacial score (nSPS) is 11.2. The van der Waals surface area contributed by atoms with Gasteiger partial charge in [0.25, 0.3) is 10.0 Å². The molecule has 0 aliphatic rings. The topological polar surface area (TPSA) is 84.9 Å². The molecule has 0 radical (unpaired) electrons. The van der Waals surface area contributed by atoms with Crippen molar-refractivity contribution in [3.63, 3.8) is 0 Å². The fraction of sp³-hybridized carbons (Fsp3) is 0.381. The lowest BCUT2D eigenvalue weighted by molar-refractivity contribution is -0.119. The molecular formula is C21H27BrN2O5S. The lowest BCUT2D eigenvalue weighted by atomic mass is 10.3. The molecule has 30 heavy (non-hydrogen) atoms. The Balaban J connectivity index is 2.23. The summed E-state index contributed by atoms with van der Waals surface area (Å²) in [6.07, 6.45) is 0.655. The highest BCUT2D eigenvalue weighted by molar-refractivity contribution is 9.10. The van der Waals surface area contributed by atoms with Crippen molar-refractivity contribution >= 4 is 37.5 Å². The van der Waals surface area contributed by atoms with Gasteiger partial charge >= 0.3 is 0 Å². The number of sulfonamides is 1. The maximum Gasteiger partial charge on any atom is 0.264 e. The maximum atomic E-state index is 13.3. The summed E-state index contributed by atoms with van der Waals surface area (Å²) in [7, 11) is -3.94. The number of carbonyl (C=O) groups excluding carboxylic acids is 1. The number of carbonyl (C=O) groups is 1. The summed E-state index contributed by atoms with van der Waals surface area (Å²) < 4.78 is 39.1. The first-order chi connectivity index (χ1) is 14.4. The second kappa shape index (κ2) is 11.9. The van der Waals surface area contributed by atoms with Crippen LogP contribution in [0.4, 0.5) is 5.69 Å². The van der Waals surface area contributed by atoms with Gasteiger partial charge in [0.05, 0.1) is 17.2 Å². The van der Waals surface area contributed by atoms with Gasteiger partial charge in [0.2, 0.25) is 5.91 Å². The minimum atomic E-state index is -3.94. The summed E-state index contributed by atoms with van der Waals surface area (Å²) >= 11 is 3.31.